The number of nitrogens with two attached hydrogens (primary N) is 2. The van der Waals surface area contributed by atoms with E-state index in [-0.39, 0.29) is 0 Å². The van der Waals surface area contributed by atoms with Crippen molar-refractivity contribution < 1.29 is 9.90 Å². The van der Waals surface area contributed by atoms with Gasteiger partial charge in [0.15, 0.2) is 0 Å². The molecule has 0 aromatic heterocycles. The van der Waals surface area contributed by atoms with E-state index in [0.29, 0.717) is 5.92 Å². The van der Waals surface area contributed by atoms with Crippen molar-refractivity contribution in [2.24, 2.45) is 17.4 Å². The zero-order chi connectivity index (χ0) is 8.65. The second-order valence-electron chi connectivity index (χ2n) is 3.46. The van der Waals surface area contributed by atoms with Crippen LogP contribution in [0.3, 0.4) is 0 Å². The Kier molecular flexibility index (Phi) is 1.90. The Bertz CT molecular complexity index is 175. The molecule has 2 unspecified atom stereocenters. The van der Waals surface area contributed by atoms with Crippen molar-refractivity contribution in [3.8, 4) is 0 Å². The number of aliphatic carboxylic acids is 1. The Morgan fingerprint density at radius 1 is 1.73 bits per heavy atom. The van der Waals surface area contributed by atoms with E-state index in [9.17, 15) is 4.79 Å². The fourth-order valence-electron chi connectivity index (χ4n) is 1.23. The van der Waals surface area contributed by atoms with Crippen LogP contribution >= 0.6 is 0 Å². The Labute approximate surface area is 65.6 Å². The van der Waals surface area contributed by atoms with E-state index in [0.717, 1.165) is 12.8 Å². The van der Waals surface area contributed by atoms with Crippen LogP contribution in [-0.4, -0.2) is 22.7 Å². The minimum absolute atomic E-state index is 0.300. The molecule has 4 nitrogen and oxygen atoms in total. The van der Waals surface area contributed by atoms with E-state index < -0.39 is 17.6 Å². The molecule has 4 heteroatoms. The van der Waals surface area contributed by atoms with Crippen LogP contribution in [0.25, 0.3) is 0 Å². The van der Waals surface area contributed by atoms with Crippen molar-refractivity contribution in [2.45, 2.75) is 31.3 Å². The second-order valence-corrected chi connectivity index (χ2v) is 3.46. The fraction of sp³-hybridized carbons (Fsp3) is 0.857. The third-order valence-corrected chi connectivity index (χ3v) is 2.39. The molecule has 11 heavy (non-hydrogen) atoms. The highest BCUT2D eigenvalue weighted by Gasteiger charge is 2.45. The van der Waals surface area contributed by atoms with Gasteiger partial charge in [-0.3, -0.25) is 4.79 Å². The fourth-order valence-corrected chi connectivity index (χ4v) is 1.23. The van der Waals surface area contributed by atoms with E-state index in [1.807, 2.05) is 0 Å². The van der Waals surface area contributed by atoms with E-state index in [4.69, 9.17) is 16.6 Å². The average molecular weight is 158 g/mol. The summed E-state index contributed by atoms with van der Waals surface area (Å²) in [7, 11) is 0. The standard InChI is InChI=1S/C7H14N2O2/c1-7(9,4-2-3-4)5(8)6(10)11/h4-5H,2-3,8-9H2,1H3,(H,10,11). The lowest BCUT2D eigenvalue weighted by molar-refractivity contribution is -0.140. The summed E-state index contributed by atoms with van der Waals surface area (Å²) in [5, 5.41) is 8.59. The minimum atomic E-state index is -1.01. The number of hydrogen-bond donors (Lipinski definition) is 3. The van der Waals surface area contributed by atoms with Gasteiger partial charge in [-0.1, -0.05) is 0 Å². The van der Waals surface area contributed by atoms with Gasteiger partial charge in [0, 0.05) is 5.54 Å². The quantitative estimate of drug-likeness (QED) is 0.517. The van der Waals surface area contributed by atoms with Crippen LogP contribution in [0.5, 0.6) is 0 Å². The van der Waals surface area contributed by atoms with Gasteiger partial charge in [-0.15, -0.1) is 0 Å². The highest BCUT2D eigenvalue weighted by molar-refractivity contribution is 5.75. The van der Waals surface area contributed by atoms with Crippen LogP contribution in [0.15, 0.2) is 0 Å². The lowest BCUT2D eigenvalue weighted by Gasteiger charge is -2.28. The SMILES string of the molecule is CC(N)(C1CC1)C(N)C(=O)O. The van der Waals surface area contributed by atoms with E-state index in [1.54, 1.807) is 6.92 Å². The number of rotatable bonds is 3. The number of hydrogen-bond acceptors (Lipinski definition) is 3. The van der Waals surface area contributed by atoms with Gasteiger partial charge in [0.2, 0.25) is 0 Å². The zero-order valence-electron chi connectivity index (χ0n) is 6.58. The Morgan fingerprint density at radius 3 is 2.45 bits per heavy atom. The van der Waals surface area contributed by atoms with Crippen LogP contribution in [-0.2, 0) is 4.79 Å². The van der Waals surface area contributed by atoms with Crippen molar-refractivity contribution in [1.82, 2.24) is 0 Å². The molecule has 2 atom stereocenters. The summed E-state index contributed by atoms with van der Waals surface area (Å²) in [6.45, 7) is 1.71. The van der Waals surface area contributed by atoms with Gasteiger partial charge in [0.25, 0.3) is 0 Å². The summed E-state index contributed by atoms with van der Waals surface area (Å²) in [5.41, 5.74) is 10.4. The summed E-state index contributed by atoms with van der Waals surface area (Å²) in [5.74, 6) is -0.713. The van der Waals surface area contributed by atoms with Gasteiger partial charge in [0.05, 0.1) is 0 Å². The smallest absolute Gasteiger partial charge is 0.322 e. The molecule has 0 aliphatic heterocycles. The zero-order valence-corrected chi connectivity index (χ0v) is 6.58. The molecule has 0 amide bonds. The van der Waals surface area contributed by atoms with Gasteiger partial charge < -0.3 is 16.6 Å². The van der Waals surface area contributed by atoms with Crippen molar-refractivity contribution in [2.75, 3.05) is 0 Å². The monoisotopic (exact) mass is 158 g/mol. The average Bonchev–Trinajstić information content (AvgIpc) is 2.66. The molecule has 0 aromatic rings. The highest BCUT2D eigenvalue weighted by atomic mass is 16.4. The van der Waals surface area contributed by atoms with Crippen LogP contribution in [0.2, 0.25) is 0 Å². The van der Waals surface area contributed by atoms with Crippen LogP contribution in [0, 0.1) is 5.92 Å². The summed E-state index contributed by atoms with van der Waals surface area (Å²) < 4.78 is 0. The number of carboxylic acids is 1. The molecule has 1 rings (SSSR count). The molecule has 0 radical (unpaired) electrons. The Hall–Kier alpha value is -0.610. The highest BCUT2D eigenvalue weighted by Crippen LogP contribution is 2.39. The van der Waals surface area contributed by atoms with Crippen LogP contribution < -0.4 is 11.5 Å². The topological polar surface area (TPSA) is 89.3 Å². The predicted octanol–water partition coefficient (Wildman–Crippen LogP) is -0.474. The maximum atomic E-state index is 10.5. The van der Waals surface area contributed by atoms with Crippen molar-refractivity contribution in [3.63, 3.8) is 0 Å². The van der Waals surface area contributed by atoms with Gasteiger partial charge in [0.1, 0.15) is 6.04 Å². The molecule has 5 N–H and O–H groups in total. The van der Waals surface area contributed by atoms with Crippen molar-refractivity contribution >= 4 is 5.97 Å². The lowest BCUT2D eigenvalue weighted by atomic mass is 9.89. The van der Waals surface area contributed by atoms with Crippen LogP contribution in [0.1, 0.15) is 19.8 Å². The predicted molar refractivity (Wildman–Crippen MR) is 40.9 cm³/mol. The second kappa shape index (κ2) is 2.46. The first kappa shape index (κ1) is 8.49. The Balaban J connectivity index is 2.61. The number of carbonyl (C=O) groups is 1. The molecule has 0 bridgehead atoms. The molecule has 1 fully saturated rings. The first-order valence-corrected chi connectivity index (χ1v) is 3.73. The lowest BCUT2D eigenvalue weighted by Crippen LogP contribution is -2.58. The van der Waals surface area contributed by atoms with E-state index >= 15 is 0 Å². The van der Waals surface area contributed by atoms with Gasteiger partial charge >= 0.3 is 5.97 Å². The maximum absolute atomic E-state index is 10.5. The molecule has 1 aliphatic carbocycles. The normalized spacial score (nSPS) is 25.7. The summed E-state index contributed by atoms with van der Waals surface area (Å²) in [6.07, 6.45) is 2.02. The van der Waals surface area contributed by atoms with Gasteiger partial charge in [-0.05, 0) is 25.7 Å². The molecule has 64 valence electrons. The minimum Gasteiger partial charge on any atom is -0.480 e. The number of carboxylic acid groups (broad SMARTS) is 1. The largest absolute Gasteiger partial charge is 0.480 e. The van der Waals surface area contributed by atoms with Gasteiger partial charge in [-0.25, -0.2) is 0 Å². The molecular weight excluding hydrogens is 144 g/mol. The van der Waals surface area contributed by atoms with Crippen molar-refractivity contribution in [1.29, 1.82) is 0 Å². The Morgan fingerprint density at radius 2 is 2.18 bits per heavy atom. The van der Waals surface area contributed by atoms with Gasteiger partial charge in [-0.2, -0.15) is 0 Å². The summed E-state index contributed by atoms with van der Waals surface area (Å²) in [4.78, 5) is 10.5. The van der Waals surface area contributed by atoms with Crippen LogP contribution in [0.4, 0.5) is 0 Å². The molecule has 0 spiro atoms. The molecule has 0 saturated heterocycles. The summed E-state index contributed by atoms with van der Waals surface area (Å²) in [6, 6.07) is -0.935. The summed E-state index contributed by atoms with van der Waals surface area (Å²) >= 11 is 0. The molecular formula is C7H14N2O2. The first-order valence-electron chi connectivity index (χ1n) is 3.73. The van der Waals surface area contributed by atoms with Crippen molar-refractivity contribution in [3.05, 3.63) is 0 Å². The molecule has 0 aromatic carbocycles. The molecule has 1 aliphatic rings. The molecule has 1 saturated carbocycles. The van der Waals surface area contributed by atoms with E-state index in [2.05, 4.69) is 0 Å². The first-order chi connectivity index (χ1) is 4.96. The maximum Gasteiger partial charge on any atom is 0.322 e. The third kappa shape index (κ3) is 1.52. The molecule has 0 heterocycles. The van der Waals surface area contributed by atoms with E-state index in [1.165, 1.54) is 0 Å². The third-order valence-electron chi connectivity index (χ3n) is 2.39.